The van der Waals surface area contributed by atoms with E-state index in [2.05, 4.69) is 26.3 Å². The molecule has 5 nitrogen and oxygen atoms in total. The summed E-state index contributed by atoms with van der Waals surface area (Å²) < 4.78 is 7.88. The van der Waals surface area contributed by atoms with E-state index in [1.54, 1.807) is 17.8 Å². The van der Waals surface area contributed by atoms with Crippen molar-refractivity contribution in [2.24, 2.45) is 0 Å². The van der Waals surface area contributed by atoms with Crippen molar-refractivity contribution in [1.29, 1.82) is 0 Å². The molecule has 2 heterocycles. The smallest absolute Gasteiger partial charge is 0.255 e. The molecule has 0 radical (unpaired) electrons. The molecule has 1 aliphatic carbocycles. The lowest BCUT2D eigenvalue weighted by atomic mass is 10.2. The molecular weight excluding hydrogens is 310 g/mol. The van der Waals surface area contributed by atoms with Crippen LogP contribution < -0.4 is 5.32 Å². The van der Waals surface area contributed by atoms with E-state index in [0.29, 0.717) is 5.56 Å². The molecule has 6 heteroatoms. The van der Waals surface area contributed by atoms with Gasteiger partial charge >= 0.3 is 0 Å². The molecule has 0 aromatic carbocycles. The highest BCUT2D eigenvalue weighted by atomic mass is 79.9. The maximum Gasteiger partial charge on any atom is 0.255 e. The molecule has 0 aliphatic heterocycles. The van der Waals surface area contributed by atoms with Gasteiger partial charge in [-0.2, -0.15) is 5.10 Å². The number of methoxy groups -OCH3 is 1. The van der Waals surface area contributed by atoms with Gasteiger partial charge in [0.1, 0.15) is 0 Å². The van der Waals surface area contributed by atoms with Crippen LogP contribution in [0.3, 0.4) is 0 Å². The standard InChI is InChI=1S/C13H14BrN3O2/c1-13(19-2)6-10(13)16-12(18)8-7-15-17-5-3-4-9(14)11(8)17/h3-5,7,10H,6H2,1-2H3,(H,16,18)/t10-,13+/m1/s1. The number of nitrogens with one attached hydrogen (secondary N) is 1. The van der Waals surface area contributed by atoms with Gasteiger partial charge in [-0.25, -0.2) is 4.52 Å². The molecule has 1 saturated carbocycles. The molecule has 2 aromatic heterocycles. The van der Waals surface area contributed by atoms with E-state index in [9.17, 15) is 4.79 Å². The molecule has 1 N–H and O–H groups in total. The molecule has 1 amide bonds. The predicted molar refractivity (Wildman–Crippen MR) is 74.2 cm³/mol. The minimum atomic E-state index is -0.226. The number of aromatic nitrogens is 2. The maximum atomic E-state index is 12.3. The summed E-state index contributed by atoms with van der Waals surface area (Å²) in [5.41, 5.74) is 1.12. The van der Waals surface area contributed by atoms with Crippen LogP contribution in [0.2, 0.25) is 0 Å². The quantitative estimate of drug-likeness (QED) is 0.940. The summed E-state index contributed by atoms with van der Waals surface area (Å²) in [6.07, 6.45) is 4.24. The topological polar surface area (TPSA) is 55.6 Å². The zero-order valence-corrected chi connectivity index (χ0v) is 12.3. The minimum Gasteiger partial charge on any atom is -0.376 e. The van der Waals surface area contributed by atoms with Gasteiger partial charge in [0.25, 0.3) is 5.91 Å². The number of nitrogens with zero attached hydrogens (tertiary/aromatic N) is 2. The van der Waals surface area contributed by atoms with Crippen molar-refractivity contribution in [3.8, 4) is 0 Å². The van der Waals surface area contributed by atoms with Gasteiger partial charge in [-0.1, -0.05) is 0 Å². The van der Waals surface area contributed by atoms with Crippen molar-refractivity contribution >= 4 is 27.4 Å². The Labute approximate surface area is 119 Å². The van der Waals surface area contributed by atoms with Crippen molar-refractivity contribution in [3.63, 3.8) is 0 Å². The first-order chi connectivity index (χ1) is 9.05. The predicted octanol–water partition coefficient (Wildman–Crippen LogP) is 2.00. The lowest BCUT2D eigenvalue weighted by Gasteiger charge is -2.09. The Morgan fingerprint density at radius 1 is 1.68 bits per heavy atom. The zero-order chi connectivity index (χ0) is 13.6. The second-order valence-electron chi connectivity index (χ2n) is 4.95. The van der Waals surface area contributed by atoms with Crippen LogP contribution in [0, 0.1) is 0 Å². The molecule has 2 atom stereocenters. The van der Waals surface area contributed by atoms with E-state index in [1.165, 1.54) is 0 Å². The van der Waals surface area contributed by atoms with Crippen molar-refractivity contribution in [3.05, 3.63) is 34.6 Å². The molecule has 1 aliphatic rings. The van der Waals surface area contributed by atoms with E-state index >= 15 is 0 Å². The summed E-state index contributed by atoms with van der Waals surface area (Å²) in [5, 5.41) is 7.16. The number of carbonyl (C=O) groups is 1. The van der Waals surface area contributed by atoms with Gasteiger partial charge in [0, 0.05) is 24.2 Å². The minimum absolute atomic E-state index is 0.0717. The number of amides is 1. The Balaban J connectivity index is 1.87. The van der Waals surface area contributed by atoms with Crippen LogP contribution in [-0.2, 0) is 4.74 Å². The van der Waals surface area contributed by atoms with Crippen LogP contribution >= 0.6 is 15.9 Å². The van der Waals surface area contributed by atoms with E-state index in [0.717, 1.165) is 16.4 Å². The molecule has 1 fully saturated rings. The number of carbonyl (C=O) groups excluding carboxylic acids is 1. The highest BCUT2D eigenvalue weighted by molar-refractivity contribution is 9.10. The largest absolute Gasteiger partial charge is 0.376 e. The number of pyridine rings is 1. The number of fused-ring (bicyclic) bond motifs is 1. The number of ether oxygens (including phenoxy) is 1. The molecular formula is C13H14BrN3O2. The third kappa shape index (κ3) is 2.04. The van der Waals surface area contributed by atoms with E-state index in [-0.39, 0.29) is 17.6 Å². The first-order valence-corrected chi connectivity index (χ1v) is 6.82. The van der Waals surface area contributed by atoms with Crippen LogP contribution in [0.15, 0.2) is 29.0 Å². The summed E-state index contributed by atoms with van der Waals surface area (Å²) >= 11 is 3.45. The normalized spacial score (nSPS) is 25.5. The second-order valence-corrected chi connectivity index (χ2v) is 5.81. The average molecular weight is 324 g/mol. The number of halogens is 1. The first-order valence-electron chi connectivity index (χ1n) is 6.03. The Hall–Kier alpha value is -1.40. The molecule has 0 bridgehead atoms. The van der Waals surface area contributed by atoms with Gasteiger partial charge in [0.2, 0.25) is 0 Å². The molecule has 19 heavy (non-hydrogen) atoms. The average Bonchev–Trinajstić information content (AvgIpc) is 2.86. The summed E-state index contributed by atoms with van der Waals surface area (Å²) in [6.45, 7) is 1.99. The van der Waals surface area contributed by atoms with Gasteiger partial charge in [0.05, 0.1) is 28.9 Å². The van der Waals surface area contributed by atoms with Gasteiger partial charge in [-0.15, -0.1) is 0 Å². The summed E-state index contributed by atoms with van der Waals surface area (Å²) in [7, 11) is 1.66. The lowest BCUT2D eigenvalue weighted by molar-refractivity contribution is 0.0788. The number of hydrogen-bond donors (Lipinski definition) is 1. The summed E-state index contributed by atoms with van der Waals surface area (Å²) in [6, 6.07) is 3.83. The van der Waals surface area contributed by atoms with Crippen LogP contribution in [0.25, 0.3) is 5.52 Å². The number of rotatable bonds is 3. The van der Waals surface area contributed by atoms with Gasteiger partial charge < -0.3 is 10.1 Å². The second kappa shape index (κ2) is 4.31. The molecule has 2 aromatic rings. The Kier molecular flexibility index (Phi) is 2.87. The van der Waals surface area contributed by atoms with Crippen molar-refractivity contribution in [2.45, 2.75) is 25.0 Å². The highest BCUT2D eigenvalue weighted by Crippen LogP contribution is 2.39. The van der Waals surface area contributed by atoms with Gasteiger partial charge in [-0.05, 0) is 35.0 Å². The fourth-order valence-electron chi connectivity index (χ4n) is 2.18. The van der Waals surface area contributed by atoms with Crippen LogP contribution in [0.1, 0.15) is 23.7 Å². The fraction of sp³-hybridized carbons (Fsp3) is 0.385. The van der Waals surface area contributed by atoms with Gasteiger partial charge in [-0.3, -0.25) is 4.79 Å². The Morgan fingerprint density at radius 2 is 2.47 bits per heavy atom. The van der Waals surface area contributed by atoms with Gasteiger partial charge in [0.15, 0.2) is 0 Å². The third-order valence-corrected chi connectivity index (χ3v) is 4.33. The van der Waals surface area contributed by atoms with Crippen LogP contribution in [-0.4, -0.2) is 34.3 Å². The summed E-state index contributed by atoms with van der Waals surface area (Å²) in [4.78, 5) is 12.3. The maximum absolute atomic E-state index is 12.3. The van der Waals surface area contributed by atoms with E-state index in [1.807, 2.05) is 25.3 Å². The fourth-order valence-corrected chi connectivity index (χ4v) is 2.73. The third-order valence-electron chi connectivity index (χ3n) is 3.69. The molecule has 0 spiro atoms. The highest BCUT2D eigenvalue weighted by Gasteiger charge is 2.51. The molecule has 100 valence electrons. The van der Waals surface area contributed by atoms with Crippen LogP contribution in [0.4, 0.5) is 0 Å². The molecule has 0 unspecified atom stereocenters. The van der Waals surface area contributed by atoms with E-state index in [4.69, 9.17) is 4.74 Å². The monoisotopic (exact) mass is 323 g/mol. The molecule has 0 saturated heterocycles. The van der Waals surface area contributed by atoms with Crippen molar-refractivity contribution in [2.75, 3.05) is 7.11 Å². The van der Waals surface area contributed by atoms with Crippen LogP contribution in [0.5, 0.6) is 0 Å². The first kappa shape index (κ1) is 12.6. The lowest BCUT2D eigenvalue weighted by Crippen LogP contribution is -2.31. The number of hydrogen-bond acceptors (Lipinski definition) is 3. The Bertz CT molecular complexity index is 654. The molecule has 3 rings (SSSR count). The van der Waals surface area contributed by atoms with Crippen molar-refractivity contribution in [1.82, 2.24) is 14.9 Å². The van der Waals surface area contributed by atoms with E-state index < -0.39 is 0 Å². The zero-order valence-electron chi connectivity index (χ0n) is 10.7. The summed E-state index contributed by atoms with van der Waals surface area (Å²) in [5.74, 6) is -0.118. The SMILES string of the molecule is CO[C@@]1(C)C[C@H]1NC(=O)c1cnn2cccc(Br)c12. The Morgan fingerprint density at radius 3 is 3.16 bits per heavy atom. The van der Waals surface area contributed by atoms with Crippen molar-refractivity contribution < 1.29 is 9.53 Å².